The van der Waals surface area contributed by atoms with Crippen LogP contribution in [0.1, 0.15) is 12.0 Å². The van der Waals surface area contributed by atoms with Gasteiger partial charge in [-0.3, -0.25) is 4.79 Å². The maximum atomic E-state index is 11.9. The van der Waals surface area contributed by atoms with Crippen LogP contribution in [0.2, 0.25) is 0 Å². The van der Waals surface area contributed by atoms with Crippen LogP contribution in [-0.4, -0.2) is 37.8 Å². The van der Waals surface area contributed by atoms with Crippen LogP contribution in [0.15, 0.2) is 18.2 Å². The number of carbonyl (C=O) groups is 1. The van der Waals surface area contributed by atoms with E-state index >= 15 is 0 Å². The van der Waals surface area contributed by atoms with Crippen molar-refractivity contribution in [1.82, 2.24) is 4.90 Å². The molecule has 2 aliphatic rings. The van der Waals surface area contributed by atoms with Crippen LogP contribution in [0.25, 0.3) is 0 Å². The summed E-state index contributed by atoms with van der Waals surface area (Å²) in [6.07, 6.45) is -0.0643. The Morgan fingerprint density at radius 2 is 2.15 bits per heavy atom. The number of amides is 1. The largest absolute Gasteiger partial charge is 0.454 e. The lowest BCUT2D eigenvalue weighted by Crippen LogP contribution is -2.31. The molecule has 1 saturated heterocycles. The molecule has 0 spiro atoms. The molecule has 1 unspecified atom stereocenters. The minimum Gasteiger partial charge on any atom is -0.454 e. The van der Waals surface area contributed by atoms with Crippen LogP contribution in [0.5, 0.6) is 11.5 Å². The van der Waals surface area contributed by atoms with Gasteiger partial charge in [0.05, 0.1) is 0 Å². The Morgan fingerprint density at radius 3 is 2.85 bits per heavy atom. The minimum atomic E-state index is -3.69. The Hall–Kier alpha value is -1.80. The molecule has 0 aliphatic carbocycles. The first kappa shape index (κ1) is 13.2. The molecule has 20 heavy (non-hydrogen) atoms. The summed E-state index contributed by atoms with van der Waals surface area (Å²) in [7, 11) is -3.69. The highest BCUT2D eigenvalue weighted by molar-refractivity contribution is 7.89. The first-order valence-electron chi connectivity index (χ1n) is 6.12. The van der Waals surface area contributed by atoms with E-state index in [1.807, 2.05) is 6.07 Å². The molecule has 0 aromatic heterocycles. The van der Waals surface area contributed by atoms with Crippen molar-refractivity contribution in [3.63, 3.8) is 0 Å². The molecule has 2 aliphatic heterocycles. The Kier molecular flexibility index (Phi) is 3.06. The number of nitrogens with zero attached hydrogens (tertiary/aromatic N) is 1. The van der Waals surface area contributed by atoms with Crippen LogP contribution in [-0.2, 0) is 21.4 Å². The quantitative estimate of drug-likeness (QED) is 0.833. The van der Waals surface area contributed by atoms with E-state index in [1.165, 1.54) is 4.90 Å². The van der Waals surface area contributed by atoms with Crippen molar-refractivity contribution in [2.24, 2.45) is 5.14 Å². The third-order valence-corrected chi connectivity index (χ3v) is 4.73. The molecule has 8 heteroatoms. The number of hydrogen-bond acceptors (Lipinski definition) is 5. The number of primary sulfonamides is 1. The zero-order valence-electron chi connectivity index (χ0n) is 10.6. The number of rotatable bonds is 3. The Morgan fingerprint density at radius 1 is 1.35 bits per heavy atom. The van der Waals surface area contributed by atoms with Gasteiger partial charge in [0.15, 0.2) is 11.5 Å². The monoisotopic (exact) mass is 298 g/mol. The topological polar surface area (TPSA) is 98.9 Å². The Bertz CT molecular complexity index is 658. The third kappa shape index (κ3) is 2.32. The first-order valence-corrected chi connectivity index (χ1v) is 7.73. The number of para-hydroxylation sites is 1. The summed E-state index contributed by atoms with van der Waals surface area (Å²) in [4.78, 5) is 13.3. The average molecular weight is 298 g/mol. The van der Waals surface area contributed by atoms with Gasteiger partial charge in [-0.2, -0.15) is 0 Å². The SMILES string of the molecule is NS(=O)(=O)C1CC(=O)N(Cc2cccc3c2OCO3)C1. The van der Waals surface area contributed by atoms with Crippen LogP contribution >= 0.6 is 0 Å². The average Bonchev–Trinajstić information content (AvgIpc) is 2.96. The summed E-state index contributed by atoms with van der Waals surface area (Å²) in [6, 6.07) is 5.41. The predicted octanol–water partition coefficient (Wildman–Crippen LogP) is -0.195. The van der Waals surface area contributed by atoms with E-state index in [1.54, 1.807) is 12.1 Å². The molecule has 0 bridgehead atoms. The molecule has 1 amide bonds. The molecule has 1 aromatic carbocycles. The molecule has 1 atom stereocenters. The fraction of sp³-hybridized carbons (Fsp3) is 0.417. The van der Waals surface area contributed by atoms with Crippen molar-refractivity contribution in [1.29, 1.82) is 0 Å². The molecule has 7 nitrogen and oxygen atoms in total. The zero-order chi connectivity index (χ0) is 14.3. The molecule has 1 aromatic rings. The maximum absolute atomic E-state index is 11.9. The van der Waals surface area contributed by atoms with Crippen LogP contribution in [0.4, 0.5) is 0 Å². The second-order valence-electron chi connectivity index (χ2n) is 4.84. The van der Waals surface area contributed by atoms with Gasteiger partial charge in [0, 0.05) is 25.1 Å². The first-order chi connectivity index (χ1) is 9.45. The van der Waals surface area contributed by atoms with Gasteiger partial charge in [0.1, 0.15) is 5.25 Å². The number of hydrogen-bond donors (Lipinski definition) is 1. The number of fused-ring (bicyclic) bond motifs is 1. The van der Waals surface area contributed by atoms with Crippen LogP contribution in [0.3, 0.4) is 0 Å². The number of nitrogens with two attached hydrogens (primary N) is 1. The molecular formula is C12H14N2O5S. The lowest BCUT2D eigenvalue weighted by atomic mass is 10.2. The van der Waals surface area contributed by atoms with E-state index < -0.39 is 15.3 Å². The Labute approximate surface area is 116 Å². The summed E-state index contributed by atoms with van der Waals surface area (Å²) < 4.78 is 33.3. The summed E-state index contributed by atoms with van der Waals surface area (Å²) in [5.41, 5.74) is 0.795. The number of carbonyl (C=O) groups excluding carboxylic acids is 1. The Balaban J connectivity index is 1.79. The lowest BCUT2D eigenvalue weighted by molar-refractivity contribution is -0.128. The molecule has 2 heterocycles. The van der Waals surface area contributed by atoms with E-state index in [0.29, 0.717) is 11.5 Å². The molecule has 108 valence electrons. The zero-order valence-corrected chi connectivity index (χ0v) is 11.4. The van der Waals surface area contributed by atoms with Crippen molar-refractivity contribution < 1.29 is 22.7 Å². The number of likely N-dealkylation sites (tertiary alicyclic amines) is 1. The number of sulfonamides is 1. The van der Waals surface area contributed by atoms with Crippen LogP contribution in [0, 0.1) is 0 Å². The van der Waals surface area contributed by atoms with Gasteiger partial charge in [0.2, 0.25) is 22.7 Å². The van der Waals surface area contributed by atoms with Gasteiger partial charge in [-0.1, -0.05) is 12.1 Å². The van der Waals surface area contributed by atoms with Gasteiger partial charge in [-0.15, -0.1) is 0 Å². The highest BCUT2D eigenvalue weighted by Crippen LogP contribution is 2.36. The normalized spacial score (nSPS) is 21.6. The highest BCUT2D eigenvalue weighted by Gasteiger charge is 2.36. The maximum Gasteiger partial charge on any atom is 0.231 e. The fourth-order valence-electron chi connectivity index (χ4n) is 2.43. The van der Waals surface area contributed by atoms with E-state index in [2.05, 4.69) is 0 Å². The third-order valence-electron chi connectivity index (χ3n) is 3.48. The van der Waals surface area contributed by atoms with E-state index in [4.69, 9.17) is 14.6 Å². The van der Waals surface area contributed by atoms with Crippen LogP contribution < -0.4 is 14.6 Å². The summed E-state index contributed by atoms with van der Waals surface area (Å²) in [6.45, 7) is 0.555. The molecule has 3 rings (SSSR count). The van der Waals surface area contributed by atoms with Gasteiger partial charge >= 0.3 is 0 Å². The second kappa shape index (κ2) is 4.64. The van der Waals surface area contributed by atoms with E-state index in [9.17, 15) is 13.2 Å². The standard InChI is InChI=1S/C12H14N2O5S/c13-20(16,17)9-4-11(15)14(6-9)5-8-2-1-3-10-12(8)19-7-18-10/h1-3,9H,4-7H2,(H2,13,16,17). The fourth-order valence-corrected chi connectivity index (χ4v) is 3.19. The predicted molar refractivity (Wildman–Crippen MR) is 69.5 cm³/mol. The van der Waals surface area contributed by atoms with Crippen molar-refractivity contribution in [2.75, 3.05) is 13.3 Å². The molecular weight excluding hydrogens is 284 g/mol. The molecule has 0 saturated carbocycles. The van der Waals surface area contributed by atoms with Gasteiger partial charge in [-0.25, -0.2) is 13.6 Å². The number of ether oxygens (including phenoxy) is 2. The van der Waals surface area contributed by atoms with E-state index in [0.717, 1.165) is 5.56 Å². The van der Waals surface area contributed by atoms with Gasteiger partial charge in [0.25, 0.3) is 0 Å². The summed E-state index contributed by atoms with van der Waals surface area (Å²) in [5.74, 6) is 1.03. The summed E-state index contributed by atoms with van der Waals surface area (Å²) in [5, 5.41) is 4.27. The smallest absolute Gasteiger partial charge is 0.231 e. The number of benzene rings is 1. The molecule has 0 radical (unpaired) electrons. The van der Waals surface area contributed by atoms with Gasteiger partial charge < -0.3 is 14.4 Å². The van der Waals surface area contributed by atoms with Crippen molar-refractivity contribution in [2.45, 2.75) is 18.2 Å². The lowest BCUT2D eigenvalue weighted by Gasteiger charge is -2.17. The highest BCUT2D eigenvalue weighted by atomic mass is 32.2. The minimum absolute atomic E-state index is 0.0643. The van der Waals surface area contributed by atoms with Crippen molar-refractivity contribution >= 4 is 15.9 Å². The second-order valence-corrected chi connectivity index (χ2v) is 6.69. The van der Waals surface area contributed by atoms with Gasteiger partial charge in [-0.05, 0) is 6.07 Å². The van der Waals surface area contributed by atoms with Crippen molar-refractivity contribution in [3.8, 4) is 11.5 Å². The van der Waals surface area contributed by atoms with Crippen molar-refractivity contribution in [3.05, 3.63) is 23.8 Å². The van der Waals surface area contributed by atoms with E-state index in [-0.39, 0.29) is 32.2 Å². The molecule has 2 N–H and O–H groups in total. The molecule has 1 fully saturated rings. The summed E-state index contributed by atoms with van der Waals surface area (Å²) >= 11 is 0.